The molecule has 1 aliphatic heterocycles. The highest BCUT2D eigenvalue weighted by molar-refractivity contribution is 5.90. The van der Waals surface area contributed by atoms with Gasteiger partial charge in [-0.2, -0.15) is 5.10 Å². The molecule has 0 spiro atoms. The first-order valence-corrected chi connectivity index (χ1v) is 7.85. The van der Waals surface area contributed by atoms with Gasteiger partial charge in [0.25, 0.3) is 0 Å². The van der Waals surface area contributed by atoms with Crippen LogP contribution in [0.1, 0.15) is 26.7 Å². The van der Waals surface area contributed by atoms with Crippen LogP contribution < -0.4 is 5.73 Å². The molecule has 0 aliphatic carbocycles. The predicted molar refractivity (Wildman–Crippen MR) is 87.9 cm³/mol. The summed E-state index contributed by atoms with van der Waals surface area (Å²) in [6, 6.07) is 6.07. The van der Waals surface area contributed by atoms with E-state index in [0.29, 0.717) is 5.92 Å². The molecule has 1 aromatic carbocycles. The van der Waals surface area contributed by atoms with Crippen LogP contribution in [0.15, 0.2) is 24.4 Å². The van der Waals surface area contributed by atoms with E-state index in [2.05, 4.69) is 34.6 Å². The zero-order valence-electron chi connectivity index (χ0n) is 13.0. The Morgan fingerprint density at radius 1 is 1.38 bits per heavy atom. The van der Waals surface area contributed by atoms with Gasteiger partial charge in [0.1, 0.15) is 0 Å². The minimum Gasteiger partial charge on any atom is -0.398 e. The van der Waals surface area contributed by atoms with Gasteiger partial charge in [0.05, 0.1) is 11.7 Å². The normalized spacial score (nSPS) is 20.4. The zero-order chi connectivity index (χ0) is 14.8. The second-order valence-electron chi connectivity index (χ2n) is 6.56. The molecule has 21 heavy (non-hydrogen) atoms. The van der Waals surface area contributed by atoms with Crippen molar-refractivity contribution in [2.45, 2.75) is 33.2 Å². The number of hydrogen-bond acceptors (Lipinski definition) is 3. The van der Waals surface area contributed by atoms with Crippen LogP contribution in [0.25, 0.3) is 10.9 Å². The molecule has 4 heteroatoms. The van der Waals surface area contributed by atoms with Crippen molar-refractivity contribution < 1.29 is 0 Å². The van der Waals surface area contributed by atoms with Crippen molar-refractivity contribution in [2.75, 3.05) is 25.4 Å². The maximum absolute atomic E-state index is 6.02. The molecule has 1 saturated heterocycles. The molecular formula is C17H25N4. The lowest BCUT2D eigenvalue weighted by Crippen LogP contribution is -2.38. The number of rotatable bonds is 4. The zero-order valence-corrected chi connectivity index (χ0v) is 13.0. The maximum atomic E-state index is 6.02. The number of hydrogen-bond donors (Lipinski definition) is 1. The summed E-state index contributed by atoms with van der Waals surface area (Å²) in [6.07, 6.45) is 4.48. The first kappa shape index (κ1) is 14.4. The Labute approximate surface area is 126 Å². The fourth-order valence-electron chi connectivity index (χ4n) is 3.41. The summed E-state index contributed by atoms with van der Waals surface area (Å²) in [6.45, 7) is 8.96. The molecule has 0 bridgehead atoms. The first-order chi connectivity index (χ1) is 10.1. The lowest BCUT2D eigenvalue weighted by Gasteiger charge is -2.33. The second kappa shape index (κ2) is 6.06. The van der Waals surface area contributed by atoms with Crippen molar-refractivity contribution >= 4 is 16.6 Å². The van der Waals surface area contributed by atoms with Crippen molar-refractivity contribution in [3.63, 3.8) is 0 Å². The largest absolute Gasteiger partial charge is 0.398 e. The van der Waals surface area contributed by atoms with Gasteiger partial charge in [-0.05, 0) is 43.4 Å². The van der Waals surface area contributed by atoms with Gasteiger partial charge in [-0.1, -0.05) is 19.9 Å². The molecule has 3 rings (SSSR count). The Kier molecular flexibility index (Phi) is 4.15. The van der Waals surface area contributed by atoms with Gasteiger partial charge >= 0.3 is 0 Å². The van der Waals surface area contributed by atoms with Crippen LogP contribution in [-0.2, 0) is 6.54 Å². The number of nitrogen functional groups attached to an aromatic ring is 1. The van der Waals surface area contributed by atoms with Crippen molar-refractivity contribution in [1.29, 1.82) is 0 Å². The van der Waals surface area contributed by atoms with Crippen molar-refractivity contribution in [3.05, 3.63) is 30.3 Å². The predicted octanol–water partition coefficient (Wildman–Crippen LogP) is 2.94. The monoisotopic (exact) mass is 285 g/mol. The van der Waals surface area contributed by atoms with Crippen molar-refractivity contribution in [3.8, 4) is 0 Å². The van der Waals surface area contributed by atoms with Crippen molar-refractivity contribution in [1.82, 2.24) is 14.7 Å². The summed E-state index contributed by atoms with van der Waals surface area (Å²) in [7, 11) is 0. The molecule has 0 amide bonds. The quantitative estimate of drug-likeness (QED) is 0.879. The van der Waals surface area contributed by atoms with E-state index >= 15 is 0 Å². The molecule has 0 unspecified atom stereocenters. The fourth-order valence-corrected chi connectivity index (χ4v) is 3.41. The molecule has 2 aromatic rings. The highest BCUT2D eigenvalue weighted by Gasteiger charge is 2.21. The van der Waals surface area contributed by atoms with Crippen LogP contribution >= 0.6 is 0 Å². The molecule has 1 aliphatic rings. The van der Waals surface area contributed by atoms with Gasteiger partial charge in [-0.25, -0.2) is 0 Å². The summed E-state index contributed by atoms with van der Waals surface area (Å²) in [4.78, 5) is 2.57. The average molecular weight is 285 g/mol. The topological polar surface area (TPSA) is 47.1 Å². The number of benzene rings is 1. The van der Waals surface area contributed by atoms with E-state index in [0.717, 1.165) is 29.7 Å². The minimum atomic E-state index is 0.683. The molecule has 2 N–H and O–H groups in total. The highest BCUT2D eigenvalue weighted by Crippen LogP contribution is 2.24. The van der Waals surface area contributed by atoms with Gasteiger partial charge in [-0.15, -0.1) is 0 Å². The van der Waals surface area contributed by atoms with Crippen LogP contribution in [0.4, 0.5) is 5.69 Å². The van der Waals surface area contributed by atoms with Gasteiger partial charge in [0.15, 0.2) is 0 Å². The third kappa shape index (κ3) is 3.21. The van der Waals surface area contributed by atoms with E-state index in [1.54, 1.807) is 0 Å². The molecule has 0 saturated carbocycles. The van der Waals surface area contributed by atoms with E-state index in [-0.39, 0.29) is 0 Å². The molecule has 1 fully saturated rings. The second-order valence-corrected chi connectivity index (χ2v) is 6.56. The van der Waals surface area contributed by atoms with E-state index in [1.807, 2.05) is 18.3 Å². The Bertz CT molecular complexity index is 602. The Hall–Kier alpha value is -1.55. The maximum Gasteiger partial charge on any atom is 0.0703 e. The van der Waals surface area contributed by atoms with E-state index < -0.39 is 0 Å². The molecule has 4 nitrogen and oxygen atoms in total. The van der Waals surface area contributed by atoms with Gasteiger partial charge in [0.2, 0.25) is 0 Å². The number of nitrogens with zero attached hydrogens (tertiary/aromatic N) is 3. The highest BCUT2D eigenvalue weighted by atomic mass is 15.3. The molecule has 1 atom stereocenters. The standard InChI is InChI=1S/C17H25N4/c1-13(2)10-20-8-4-5-14(11-20)12-21-17-7-3-6-16(18)15(17)9-19-21/h3,6-7,9,14H,4-5,8,10-12,18H2,1-2H3/t14-/m1/s1. The number of piperidine rings is 1. The third-order valence-electron chi connectivity index (χ3n) is 4.30. The number of anilines is 1. The van der Waals surface area contributed by atoms with E-state index in [1.165, 1.54) is 31.8 Å². The van der Waals surface area contributed by atoms with Crippen LogP contribution in [0, 0.1) is 11.8 Å². The lowest BCUT2D eigenvalue weighted by molar-refractivity contribution is 0.166. The van der Waals surface area contributed by atoms with Crippen LogP contribution in [-0.4, -0.2) is 34.3 Å². The number of likely N-dealkylation sites (tertiary alicyclic amines) is 1. The molecule has 2 heterocycles. The van der Waals surface area contributed by atoms with Gasteiger partial charge in [-0.3, -0.25) is 4.68 Å². The lowest BCUT2D eigenvalue weighted by atomic mass is 9.97. The third-order valence-corrected chi connectivity index (χ3v) is 4.30. The van der Waals surface area contributed by atoms with Crippen LogP contribution in [0.3, 0.4) is 0 Å². The van der Waals surface area contributed by atoms with E-state index in [9.17, 15) is 0 Å². The number of fused-ring (bicyclic) bond motifs is 1. The van der Waals surface area contributed by atoms with Crippen LogP contribution in [0.5, 0.6) is 0 Å². The average Bonchev–Trinajstić information content (AvgIpc) is 2.83. The molecule has 113 valence electrons. The molecule has 1 radical (unpaired) electrons. The van der Waals surface area contributed by atoms with Gasteiger partial charge in [0, 0.05) is 30.7 Å². The van der Waals surface area contributed by atoms with Gasteiger partial charge < -0.3 is 10.6 Å². The van der Waals surface area contributed by atoms with E-state index in [4.69, 9.17) is 5.73 Å². The first-order valence-electron chi connectivity index (χ1n) is 7.85. The molecular weight excluding hydrogens is 260 g/mol. The molecule has 1 aromatic heterocycles. The summed E-state index contributed by atoms with van der Waals surface area (Å²) in [5, 5.41) is 5.62. The van der Waals surface area contributed by atoms with Crippen LogP contribution in [0.2, 0.25) is 0 Å². The smallest absolute Gasteiger partial charge is 0.0703 e. The summed E-state index contributed by atoms with van der Waals surface area (Å²) in [5.41, 5.74) is 7.99. The number of nitrogens with two attached hydrogens (primary N) is 1. The SMILES string of the molecule is C[C](C)CN1CCC[C@@H](Cn2ncc3c(N)cccc32)C1. The minimum absolute atomic E-state index is 0.683. The van der Waals surface area contributed by atoms with Crippen molar-refractivity contribution in [2.24, 2.45) is 5.92 Å². The Balaban J connectivity index is 1.71. The Morgan fingerprint density at radius 2 is 2.24 bits per heavy atom. The number of aromatic nitrogens is 2. The Morgan fingerprint density at radius 3 is 3.05 bits per heavy atom. The summed E-state index contributed by atoms with van der Waals surface area (Å²) in [5.74, 6) is 2.18. The summed E-state index contributed by atoms with van der Waals surface area (Å²) >= 11 is 0. The summed E-state index contributed by atoms with van der Waals surface area (Å²) < 4.78 is 2.13. The fraction of sp³-hybridized carbons (Fsp3) is 0.529.